The van der Waals surface area contributed by atoms with E-state index in [2.05, 4.69) is 11.4 Å². The Morgan fingerprint density at radius 2 is 2.04 bits per heavy atom. The molecule has 126 valence electrons. The predicted octanol–water partition coefficient (Wildman–Crippen LogP) is 2.50. The van der Waals surface area contributed by atoms with Gasteiger partial charge in [-0.1, -0.05) is 29.8 Å². The van der Waals surface area contributed by atoms with Crippen LogP contribution < -0.4 is 19.5 Å². The van der Waals surface area contributed by atoms with Crippen LogP contribution in [0.2, 0.25) is 0 Å². The zero-order chi connectivity index (χ0) is 16.9. The van der Waals surface area contributed by atoms with Gasteiger partial charge in [0.2, 0.25) is 6.10 Å². The van der Waals surface area contributed by atoms with E-state index < -0.39 is 6.10 Å². The molecule has 1 aliphatic heterocycles. The SMILES string of the molecule is COc1ccc(C)cc1CCNC(=O)[C@@H]1COc2ccccc2O1. The molecule has 0 saturated heterocycles. The minimum atomic E-state index is -0.626. The second kappa shape index (κ2) is 7.25. The Bertz CT molecular complexity index is 729. The van der Waals surface area contributed by atoms with E-state index in [0.717, 1.165) is 16.9 Å². The maximum atomic E-state index is 12.3. The van der Waals surface area contributed by atoms with Crippen molar-refractivity contribution < 1.29 is 19.0 Å². The zero-order valence-electron chi connectivity index (χ0n) is 13.9. The van der Waals surface area contributed by atoms with Gasteiger partial charge in [0, 0.05) is 6.54 Å². The van der Waals surface area contributed by atoms with Gasteiger partial charge in [-0.2, -0.15) is 0 Å². The van der Waals surface area contributed by atoms with Crippen molar-refractivity contribution in [2.75, 3.05) is 20.3 Å². The van der Waals surface area contributed by atoms with E-state index in [9.17, 15) is 4.79 Å². The molecular weight excluding hydrogens is 306 g/mol. The third-order valence-corrected chi connectivity index (χ3v) is 3.93. The summed E-state index contributed by atoms with van der Waals surface area (Å²) in [6.45, 7) is 2.77. The fourth-order valence-electron chi connectivity index (χ4n) is 2.69. The van der Waals surface area contributed by atoms with E-state index in [1.165, 1.54) is 0 Å². The van der Waals surface area contributed by atoms with E-state index in [0.29, 0.717) is 24.5 Å². The number of fused-ring (bicyclic) bond motifs is 1. The highest BCUT2D eigenvalue weighted by Crippen LogP contribution is 2.30. The number of nitrogens with one attached hydrogen (secondary N) is 1. The highest BCUT2D eigenvalue weighted by Gasteiger charge is 2.26. The van der Waals surface area contributed by atoms with Gasteiger partial charge < -0.3 is 19.5 Å². The second-order valence-electron chi connectivity index (χ2n) is 5.72. The average Bonchev–Trinajstić information content (AvgIpc) is 2.61. The molecule has 5 nitrogen and oxygen atoms in total. The van der Waals surface area contributed by atoms with Crippen LogP contribution in [0.25, 0.3) is 0 Å². The molecule has 0 aromatic heterocycles. The van der Waals surface area contributed by atoms with Gasteiger partial charge in [0.25, 0.3) is 5.91 Å². The number of para-hydroxylation sites is 2. The number of rotatable bonds is 5. The fraction of sp³-hybridized carbons (Fsp3) is 0.316. The van der Waals surface area contributed by atoms with Crippen molar-refractivity contribution in [2.45, 2.75) is 19.4 Å². The predicted molar refractivity (Wildman–Crippen MR) is 90.8 cm³/mol. The van der Waals surface area contributed by atoms with Crippen LogP contribution in [0.15, 0.2) is 42.5 Å². The van der Waals surface area contributed by atoms with Crippen LogP contribution in [0.1, 0.15) is 11.1 Å². The highest BCUT2D eigenvalue weighted by atomic mass is 16.6. The lowest BCUT2D eigenvalue weighted by Crippen LogP contribution is -2.44. The monoisotopic (exact) mass is 327 g/mol. The number of benzene rings is 2. The van der Waals surface area contributed by atoms with Crippen LogP contribution in [-0.2, 0) is 11.2 Å². The zero-order valence-corrected chi connectivity index (χ0v) is 13.9. The minimum absolute atomic E-state index is 0.170. The van der Waals surface area contributed by atoms with E-state index >= 15 is 0 Å². The first-order valence-corrected chi connectivity index (χ1v) is 7.97. The number of carbonyl (C=O) groups is 1. The second-order valence-corrected chi connectivity index (χ2v) is 5.72. The Morgan fingerprint density at radius 3 is 2.83 bits per heavy atom. The molecule has 0 bridgehead atoms. The van der Waals surface area contributed by atoms with Crippen LogP contribution in [0.4, 0.5) is 0 Å². The van der Waals surface area contributed by atoms with E-state index in [4.69, 9.17) is 14.2 Å². The lowest BCUT2D eigenvalue weighted by atomic mass is 10.1. The first-order chi connectivity index (χ1) is 11.7. The van der Waals surface area contributed by atoms with Gasteiger partial charge in [0.1, 0.15) is 12.4 Å². The van der Waals surface area contributed by atoms with Gasteiger partial charge in [-0.25, -0.2) is 0 Å². The molecule has 0 unspecified atom stereocenters. The summed E-state index contributed by atoms with van der Waals surface area (Å²) in [5.41, 5.74) is 2.24. The maximum absolute atomic E-state index is 12.3. The van der Waals surface area contributed by atoms with Crippen LogP contribution >= 0.6 is 0 Å². The van der Waals surface area contributed by atoms with Crippen LogP contribution in [-0.4, -0.2) is 32.3 Å². The van der Waals surface area contributed by atoms with Crippen molar-refractivity contribution in [3.05, 3.63) is 53.6 Å². The lowest BCUT2D eigenvalue weighted by molar-refractivity contribution is -0.130. The summed E-state index contributed by atoms with van der Waals surface area (Å²) < 4.78 is 16.6. The molecular formula is C19H21NO4. The smallest absolute Gasteiger partial charge is 0.264 e. The molecule has 0 saturated carbocycles. The Balaban J connectivity index is 1.54. The van der Waals surface area contributed by atoms with Crippen molar-refractivity contribution >= 4 is 5.91 Å². The molecule has 1 heterocycles. The first kappa shape index (κ1) is 16.2. The molecule has 1 amide bonds. The maximum Gasteiger partial charge on any atom is 0.264 e. The number of carbonyl (C=O) groups excluding carboxylic acids is 1. The standard InChI is InChI=1S/C19H21NO4/c1-13-7-8-15(22-2)14(11-13)9-10-20-19(21)18-12-23-16-5-3-4-6-17(16)24-18/h3-8,11,18H,9-10,12H2,1-2H3,(H,20,21)/t18-/m0/s1. The Hall–Kier alpha value is -2.69. The molecule has 5 heteroatoms. The van der Waals surface area contributed by atoms with E-state index in [1.54, 1.807) is 13.2 Å². The lowest BCUT2D eigenvalue weighted by Gasteiger charge is -2.25. The Labute approximate surface area is 141 Å². The molecule has 2 aromatic carbocycles. The number of hydrogen-bond donors (Lipinski definition) is 1. The van der Waals surface area contributed by atoms with Gasteiger partial charge in [-0.3, -0.25) is 4.79 Å². The van der Waals surface area contributed by atoms with Crippen LogP contribution in [0.3, 0.4) is 0 Å². The van der Waals surface area contributed by atoms with Gasteiger partial charge in [0.15, 0.2) is 11.5 Å². The molecule has 2 aromatic rings. The van der Waals surface area contributed by atoms with Crippen molar-refractivity contribution in [3.63, 3.8) is 0 Å². The van der Waals surface area contributed by atoms with Crippen molar-refractivity contribution in [3.8, 4) is 17.2 Å². The van der Waals surface area contributed by atoms with E-state index in [1.807, 2.05) is 37.3 Å². The Kier molecular flexibility index (Phi) is 4.89. The summed E-state index contributed by atoms with van der Waals surface area (Å²) in [4.78, 5) is 12.3. The third kappa shape index (κ3) is 3.62. The van der Waals surface area contributed by atoms with Crippen molar-refractivity contribution in [1.29, 1.82) is 0 Å². The first-order valence-electron chi connectivity index (χ1n) is 7.97. The number of amides is 1. The molecule has 1 N–H and O–H groups in total. The number of aryl methyl sites for hydroxylation is 1. The average molecular weight is 327 g/mol. The largest absolute Gasteiger partial charge is 0.496 e. The minimum Gasteiger partial charge on any atom is -0.496 e. The van der Waals surface area contributed by atoms with Gasteiger partial charge in [-0.15, -0.1) is 0 Å². The summed E-state index contributed by atoms with van der Waals surface area (Å²) in [6.07, 6.45) is 0.0696. The number of ether oxygens (including phenoxy) is 3. The fourth-order valence-corrected chi connectivity index (χ4v) is 2.69. The molecule has 1 atom stereocenters. The van der Waals surface area contributed by atoms with Gasteiger partial charge in [-0.05, 0) is 37.1 Å². The molecule has 3 rings (SSSR count). The summed E-state index contributed by atoms with van der Waals surface area (Å²) in [6, 6.07) is 13.4. The van der Waals surface area contributed by atoms with Gasteiger partial charge in [0.05, 0.1) is 7.11 Å². The number of hydrogen-bond acceptors (Lipinski definition) is 4. The Morgan fingerprint density at radius 1 is 1.25 bits per heavy atom. The van der Waals surface area contributed by atoms with E-state index in [-0.39, 0.29) is 12.5 Å². The van der Waals surface area contributed by atoms with Crippen LogP contribution in [0, 0.1) is 6.92 Å². The quantitative estimate of drug-likeness (QED) is 0.917. The highest BCUT2D eigenvalue weighted by molar-refractivity contribution is 5.81. The molecule has 0 spiro atoms. The normalized spacial score (nSPS) is 15.7. The topological polar surface area (TPSA) is 56.8 Å². The summed E-state index contributed by atoms with van der Waals surface area (Å²) in [7, 11) is 1.65. The van der Waals surface area contributed by atoms with Crippen molar-refractivity contribution in [1.82, 2.24) is 5.32 Å². The molecule has 0 radical (unpaired) electrons. The number of methoxy groups -OCH3 is 1. The molecule has 0 aliphatic carbocycles. The molecule has 0 fully saturated rings. The van der Waals surface area contributed by atoms with Gasteiger partial charge >= 0.3 is 0 Å². The van der Waals surface area contributed by atoms with Crippen LogP contribution in [0.5, 0.6) is 17.2 Å². The molecule has 24 heavy (non-hydrogen) atoms. The van der Waals surface area contributed by atoms with Crippen molar-refractivity contribution in [2.24, 2.45) is 0 Å². The third-order valence-electron chi connectivity index (χ3n) is 3.93. The summed E-state index contributed by atoms with van der Waals surface area (Å²) in [5, 5.41) is 2.90. The summed E-state index contributed by atoms with van der Waals surface area (Å²) in [5.74, 6) is 1.94. The molecule has 1 aliphatic rings. The summed E-state index contributed by atoms with van der Waals surface area (Å²) >= 11 is 0.